The second-order valence-electron chi connectivity index (χ2n) is 8.03. The highest BCUT2D eigenvalue weighted by atomic mass is 32.1. The van der Waals surface area contributed by atoms with Crippen LogP contribution in [0.3, 0.4) is 0 Å². The van der Waals surface area contributed by atoms with Crippen molar-refractivity contribution in [3.05, 3.63) is 65.2 Å². The van der Waals surface area contributed by atoms with Crippen LogP contribution in [0.25, 0.3) is 0 Å². The molecular formula is C25H29N3O5S. The molecule has 3 rings (SSSR count). The number of ether oxygens (including phenoxy) is 2. The molecule has 1 saturated carbocycles. The fourth-order valence-electron chi connectivity index (χ4n) is 3.88. The largest absolute Gasteiger partial charge is 0.465 e. The van der Waals surface area contributed by atoms with E-state index >= 15 is 0 Å². The van der Waals surface area contributed by atoms with E-state index in [1.807, 2.05) is 0 Å². The second kappa shape index (κ2) is 11.6. The molecule has 0 aliphatic heterocycles. The van der Waals surface area contributed by atoms with Gasteiger partial charge in [0, 0.05) is 18.7 Å². The van der Waals surface area contributed by atoms with Crippen molar-refractivity contribution in [2.24, 2.45) is 0 Å². The summed E-state index contributed by atoms with van der Waals surface area (Å²) in [7, 11) is 4.33. The first-order chi connectivity index (χ1) is 16.3. The number of hydrazine groups is 1. The molecule has 180 valence electrons. The Balaban J connectivity index is 1.90. The van der Waals surface area contributed by atoms with Crippen molar-refractivity contribution in [2.75, 3.05) is 26.3 Å². The van der Waals surface area contributed by atoms with Gasteiger partial charge in [-0.3, -0.25) is 9.80 Å². The maximum absolute atomic E-state index is 13.6. The number of nitrogens with one attached hydrogen (secondary N) is 1. The summed E-state index contributed by atoms with van der Waals surface area (Å²) in [5.41, 5.74) is 1.59. The summed E-state index contributed by atoms with van der Waals surface area (Å²) in [6.45, 7) is 0. The lowest BCUT2D eigenvalue weighted by atomic mass is 9.96. The number of carbonyl (C=O) groups is 3. The number of nitrogens with zero attached hydrogens (tertiary/aromatic N) is 2. The van der Waals surface area contributed by atoms with Gasteiger partial charge in [-0.2, -0.15) is 0 Å². The Morgan fingerprint density at radius 3 is 1.79 bits per heavy atom. The zero-order chi connectivity index (χ0) is 24.7. The van der Waals surface area contributed by atoms with Crippen LogP contribution in [0.1, 0.15) is 63.2 Å². The van der Waals surface area contributed by atoms with Crippen LogP contribution in [0.5, 0.6) is 0 Å². The third-order valence-electron chi connectivity index (χ3n) is 5.80. The van der Waals surface area contributed by atoms with Crippen molar-refractivity contribution in [1.29, 1.82) is 0 Å². The molecule has 1 fully saturated rings. The van der Waals surface area contributed by atoms with E-state index < -0.39 is 11.9 Å². The highest BCUT2D eigenvalue weighted by Gasteiger charge is 2.26. The van der Waals surface area contributed by atoms with E-state index in [0.717, 1.165) is 25.7 Å². The van der Waals surface area contributed by atoms with Crippen LogP contribution in [0.2, 0.25) is 0 Å². The monoisotopic (exact) mass is 483 g/mol. The number of hydrogen-bond acceptors (Lipinski definition) is 6. The average Bonchev–Trinajstić information content (AvgIpc) is 2.88. The van der Waals surface area contributed by atoms with E-state index in [4.69, 9.17) is 21.7 Å². The maximum Gasteiger partial charge on any atom is 0.337 e. The van der Waals surface area contributed by atoms with Crippen LogP contribution in [-0.2, 0) is 9.47 Å². The quantitative estimate of drug-likeness (QED) is 0.388. The first kappa shape index (κ1) is 25.2. The minimum Gasteiger partial charge on any atom is -0.465 e. The van der Waals surface area contributed by atoms with Crippen molar-refractivity contribution in [3.63, 3.8) is 0 Å². The number of benzene rings is 2. The average molecular weight is 484 g/mol. The Labute approximate surface area is 204 Å². The first-order valence-corrected chi connectivity index (χ1v) is 11.5. The summed E-state index contributed by atoms with van der Waals surface area (Å²) in [4.78, 5) is 37.2. The number of rotatable bonds is 5. The normalized spacial score (nSPS) is 13.5. The molecule has 0 spiro atoms. The molecule has 9 heteroatoms. The fourth-order valence-corrected chi connectivity index (χ4v) is 4.13. The Morgan fingerprint density at radius 2 is 1.29 bits per heavy atom. The molecule has 34 heavy (non-hydrogen) atoms. The van der Waals surface area contributed by atoms with Crippen LogP contribution in [0.15, 0.2) is 48.5 Å². The fraction of sp³-hybridized carbons (Fsp3) is 0.360. The zero-order valence-electron chi connectivity index (χ0n) is 19.6. The van der Waals surface area contributed by atoms with Crippen LogP contribution >= 0.6 is 12.2 Å². The summed E-state index contributed by atoms with van der Waals surface area (Å²) in [5, 5.41) is 6.82. The van der Waals surface area contributed by atoms with Gasteiger partial charge in [0.25, 0.3) is 5.91 Å². The molecule has 2 aromatic rings. The second-order valence-corrected chi connectivity index (χ2v) is 8.42. The van der Waals surface area contributed by atoms with Gasteiger partial charge in [0.05, 0.1) is 31.0 Å². The predicted octanol–water partition coefficient (Wildman–Crippen LogP) is 3.96. The predicted molar refractivity (Wildman–Crippen MR) is 133 cm³/mol. The Hall–Kier alpha value is -3.46. The molecule has 1 amide bonds. The minimum absolute atomic E-state index is 0.265. The Morgan fingerprint density at radius 1 is 0.824 bits per heavy atom. The van der Waals surface area contributed by atoms with Gasteiger partial charge in [-0.25, -0.2) is 14.6 Å². The van der Waals surface area contributed by atoms with Gasteiger partial charge in [-0.1, -0.05) is 19.3 Å². The molecule has 0 bridgehead atoms. The van der Waals surface area contributed by atoms with Crippen molar-refractivity contribution < 1.29 is 23.9 Å². The van der Waals surface area contributed by atoms with Gasteiger partial charge in [0.2, 0.25) is 0 Å². The Bertz CT molecular complexity index is 1030. The first-order valence-electron chi connectivity index (χ1n) is 11.1. The van der Waals surface area contributed by atoms with E-state index in [1.165, 1.54) is 37.8 Å². The van der Waals surface area contributed by atoms with Gasteiger partial charge >= 0.3 is 11.9 Å². The van der Waals surface area contributed by atoms with Crippen LogP contribution < -0.4 is 10.3 Å². The van der Waals surface area contributed by atoms with Crippen molar-refractivity contribution in [3.8, 4) is 0 Å². The number of esters is 2. The lowest BCUT2D eigenvalue weighted by Crippen LogP contribution is -2.53. The van der Waals surface area contributed by atoms with E-state index in [2.05, 4.69) is 5.32 Å². The van der Waals surface area contributed by atoms with E-state index in [-0.39, 0.29) is 11.9 Å². The summed E-state index contributed by atoms with van der Waals surface area (Å²) < 4.78 is 9.49. The molecular weight excluding hydrogens is 454 g/mol. The third kappa shape index (κ3) is 5.91. The van der Waals surface area contributed by atoms with Crippen molar-refractivity contribution in [1.82, 2.24) is 10.3 Å². The molecule has 2 aromatic carbocycles. The van der Waals surface area contributed by atoms with Gasteiger partial charge < -0.3 is 14.8 Å². The number of carbonyl (C=O) groups excluding carboxylic acids is 3. The topological polar surface area (TPSA) is 88.2 Å². The highest BCUT2D eigenvalue weighted by molar-refractivity contribution is 7.80. The molecule has 1 N–H and O–H groups in total. The number of amides is 1. The van der Waals surface area contributed by atoms with Crippen molar-refractivity contribution >= 4 is 40.9 Å². The number of hydrogen-bond donors (Lipinski definition) is 1. The molecule has 8 nitrogen and oxygen atoms in total. The van der Waals surface area contributed by atoms with Gasteiger partial charge in [0.15, 0.2) is 5.11 Å². The molecule has 0 unspecified atom stereocenters. The number of thiocarbonyl (C=S) groups is 1. The van der Waals surface area contributed by atoms with Gasteiger partial charge in [-0.05, 0) is 73.6 Å². The van der Waals surface area contributed by atoms with Crippen molar-refractivity contribution in [2.45, 2.75) is 38.1 Å². The molecule has 0 aromatic heterocycles. The number of methoxy groups -OCH3 is 2. The van der Waals surface area contributed by atoms with E-state index in [9.17, 15) is 14.4 Å². The Kier molecular flexibility index (Phi) is 8.59. The number of anilines is 1. The highest BCUT2D eigenvalue weighted by Crippen LogP contribution is 2.22. The third-order valence-corrected chi connectivity index (χ3v) is 6.19. The summed E-state index contributed by atoms with van der Waals surface area (Å²) in [5.74, 6) is -1.30. The van der Waals surface area contributed by atoms with Crippen LogP contribution in [-0.4, -0.2) is 55.3 Å². The molecule has 0 radical (unpaired) electrons. The maximum atomic E-state index is 13.6. The SMILES string of the molecule is COC(=O)c1ccc(C(=O)N(c2ccc(C(=O)OC)cc2)N(C)C(=S)NC2CCCCC2)cc1. The van der Waals surface area contributed by atoms with Gasteiger partial charge in [-0.15, -0.1) is 0 Å². The van der Waals surface area contributed by atoms with Gasteiger partial charge in [0.1, 0.15) is 0 Å². The lowest BCUT2D eigenvalue weighted by Gasteiger charge is -2.36. The summed E-state index contributed by atoms with van der Waals surface area (Å²) in [6, 6.07) is 13.0. The smallest absolute Gasteiger partial charge is 0.337 e. The minimum atomic E-state index is -0.482. The summed E-state index contributed by atoms with van der Waals surface area (Å²) >= 11 is 5.65. The van der Waals surface area contributed by atoms with E-state index in [0.29, 0.717) is 27.5 Å². The van der Waals surface area contributed by atoms with Crippen LogP contribution in [0.4, 0.5) is 5.69 Å². The van der Waals surface area contributed by atoms with Crippen LogP contribution in [0, 0.1) is 0 Å². The molecule has 0 heterocycles. The standard InChI is InChI=1S/C25H29N3O5S/c1-27(25(34)26-20-7-5-4-6-8-20)28(21-15-13-19(14-16-21)24(31)33-3)22(29)17-9-11-18(12-10-17)23(30)32-2/h9-16,20H,4-8H2,1-3H3,(H,26,34). The van der Waals surface area contributed by atoms with E-state index in [1.54, 1.807) is 48.5 Å². The lowest BCUT2D eigenvalue weighted by molar-refractivity contribution is 0.0592. The zero-order valence-corrected chi connectivity index (χ0v) is 20.4. The molecule has 0 atom stereocenters. The molecule has 1 aliphatic carbocycles. The summed E-state index contributed by atoms with van der Waals surface area (Å²) in [6.07, 6.45) is 5.58. The molecule has 0 saturated heterocycles. The molecule has 1 aliphatic rings.